The first-order valence-corrected chi connectivity index (χ1v) is 8.18. The van der Waals surface area contributed by atoms with E-state index < -0.39 is 0 Å². The average molecular weight is 293 g/mol. The highest BCUT2D eigenvalue weighted by Gasteiger charge is 2.18. The second kappa shape index (κ2) is 6.11. The van der Waals surface area contributed by atoms with Gasteiger partial charge in [0.25, 0.3) is 0 Å². The van der Waals surface area contributed by atoms with Crippen LogP contribution in [0.4, 0.5) is 0 Å². The third-order valence-electron chi connectivity index (χ3n) is 3.51. The monoisotopic (exact) mass is 292 g/mol. The standard InChI is InChI=1S/C17H21ClS/c1-11(2)13-5-6-15(16(9-13)12(3)4)17(18)14-7-8-19-10-14/h5-12,17H,1-4H3. The lowest BCUT2D eigenvalue weighted by molar-refractivity contribution is 0.819. The van der Waals surface area contributed by atoms with Crippen LogP contribution in [0.3, 0.4) is 0 Å². The van der Waals surface area contributed by atoms with Gasteiger partial charge in [0.1, 0.15) is 0 Å². The van der Waals surface area contributed by atoms with E-state index in [0.717, 1.165) is 0 Å². The Morgan fingerprint density at radius 3 is 2.16 bits per heavy atom. The molecule has 0 N–H and O–H groups in total. The zero-order valence-electron chi connectivity index (χ0n) is 12.0. The lowest BCUT2D eigenvalue weighted by atomic mass is 9.89. The molecule has 2 aromatic rings. The van der Waals surface area contributed by atoms with E-state index in [2.05, 4.69) is 62.7 Å². The number of thiophene rings is 1. The zero-order chi connectivity index (χ0) is 14.0. The Labute approximate surface area is 125 Å². The SMILES string of the molecule is CC(C)c1ccc(C(Cl)c2ccsc2)c(C(C)C)c1. The molecule has 0 aliphatic rings. The summed E-state index contributed by atoms with van der Waals surface area (Å²) < 4.78 is 0. The molecule has 0 nitrogen and oxygen atoms in total. The van der Waals surface area contributed by atoms with Crippen LogP contribution in [0, 0.1) is 0 Å². The van der Waals surface area contributed by atoms with Gasteiger partial charge in [0, 0.05) is 0 Å². The van der Waals surface area contributed by atoms with Gasteiger partial charge in [0.05, 0.1) is 5.38 Å². The fourth-order valence-electron chi connectivity index (χ4n) is 2.28. The van der Waals surface area contributed by atoms with E-state index in [0.29, 0.717) is 11.8 Å². The highest BCUT2D eigenvalue weighted by Crippen LogP contribution is 2.36. The first kappa shape index (κ1) is 14.6. The smallest absolute Gasteiger partial charge is 0.0846 e. The van der Waals surface area contributed by atoms with Crippen LogP contribution in [0.1, 0.15) is 67.2 Å². The van der Waals surface area contributed by atoms with Gasteiger partial charge >= 0.3 is 0 Å². The normalized spacial score (nSPS) is 13.2. The lowest BCUT2D eigenvalue weighted by Gasteiger charge is -2.19. The number of hydrogen-bond acceptors (Lipinski definition) is 1. The number of benzene rings is 1. The maximum atomic E-state index is 6.66. The number of halogens is 1. The number of alkyl halides is 1. The predicted molar refractivity (Wildman–Crippen MR) is 86.6 cm³/mol. The molecule has 1 aromatic heterocycles. The Morgan fingerprint density at radius 2 is 1.63 bits per heavy atom. The Hall–Kier alpha value is -0.790. The zero-order valence-corrected chi connectivity index (χ0v) is 13.6. The Balaban J connectivity index is 2.45. The Bertz CT molecular complexity index is 526. The molecule has 0 radical (unpaired) electrons. The van der Waals surface area contributed by atoms with Crippen molar-refractivity contribution >= 4 is 22.9 Å². The maximum absolute atomic E-state index is 6.66. The fraction of sp³-hybridized carbons (Fsp3) is 0.412. The molecular formula is C17H21ClS. The van der Waals surface area contributed by atoms with Crippen molar-refractivity contribution in [2.75, 3.05) is 0 Å². The van der Waals surface area contributed by atoms with Crippen LogP contribution in [0.5, 0.6) is 0 Å². The molecule has 0 fully saturated rings. The first-order chi connectivity index (χ1) is 9.00. The van der Waals surface area contributed by atoms with E-state index in [4.69, 9.17) is 11.6 Å². The average Bonchev–Trinajstić information content (AvgIpc) is 2.90. The molecule has 102 valence electrons. The van der Waals surface area contributed by atoms with E-state index in [-0.39, 0.29) is 5.38 Å². The van der Waals surface area contributed by atoms with Gasteiger partial charge in [-0.05, 0) is 50.9 Å². The van der Waals surface area contributed by atoms with Crippen molar-refractivity contribution in [1.29, 1.82) is 0 Å². The minimum Gasteiger partial charge on any atom is -0.152 e. The summed E-state index contributed by atoms with van der Waals surface area (Å²) in [5.74, 6) is 1.05. The van der Waals surface area contributed by atoms with Gasteiger partial charge in [0.2, 0.25) is 0 Å². The summed E-state index contributed by atoms with van der Waals surface area (Å²) in [5.41, 5.74) is 5.21. The second-order valence-corrected chi connectivity index (χ2v) is 6.83. The van der Waals surface area contributed by atoms with Gasteiger partial charge in [-0.3, -0.25) is 0 Å². The van der Waals surface area contributed by atoms with Crippen molar-refractivity contribution in [2.45, 2.75) is 44.9 Å². The molecule has 0 saturated carbocycles. The van der Waals surface area contributed by atoms with Crippen LogP contribution in [0.25, 0.3) is 0 Å². The minimum absolute atomic E-state index is 0.0372. The number of rotatable bonds is 4. The highest BCUT2D eigenvalue weighted by atomic mass is 35.5. The van der Waals surface area contributed by atoms with E-state index in [1.165, 1.54) is 22.3 Å². The summed E-state index contributed by atoms with van der Waals surface area (Å²) in [4.78, 5) is 0. The lowest BCUT2D eigenvalue weighted by Crippen LogP contribution is -2.02. The molecule has 2 rings (SSSR count). The van der Waals surface area contributed by atoms with Gasteiger partial charge in [-0.25, -0.2) is 0 Å². The van der Waals surface area contributed by atoms with Gasteiger partial charge in [0.15, 0.2) is 0 Å². The van der Waals surface area contributed by atoms with Crippen LogP contribution in [0.15, 0.2) is 35.0 Å². The molecule has 1 unspecified atom stereocenters. The highest BCUT2D eigenvalue weighted by molar-refractivity contribution is 7.08. The van der Waals surface area contributed by atoms with Gasteiger partial charge < -0.3 is 0 Å². The number of hydrogen-bond donors (Lipinski definition) is 0. The van der Waals surface area contributed by atoms with Crippen molar-refractivity contribution in [3.8, 4) is 0 Å². The Kier molecular flexibility index (Phi) is 4.70. The largest absolute Gasteiger partial charge is 0.152 e. The predicted octanol–water partition coefficient (Wildman–Crippen LogP) is 6.32. The van der Waals surface area contributed by atoms with Gasteiger partial charge in [-0.2, -0.15) is 11.3 Å². The third-order valence-corrected chi connectivity index (χ3v) is 4.70. The maximum Gasteiger partial charge on any atom is 0.0846 e. The quantitative estimate of drug-likeness (QED) is 0.578. The molecule has 19 heavy (non-hydrogen) atoms. The van der Waals surface area contributed by atoms with Crippen molar-refractivity contribution in [2.24, 2.45) is 0 Å². The fourth-order valence-corrected chi connectivity index (χ4v) is 3.38. The Morgan fingerprint density at radius 1 is 0.895 bits per heavy atom. The van der Waals surface area contributed by atoms with Crippen LogP contribution in [0.2, 0.25) is 0 Å². The first-order valence-electron chi connectivity index (χ1n) is 6.80. The molecule has 0 saturated heterocycles. The molecule has 0 aliphatic heterocycles. The molecule has 0 spiro atoms. The molecule has 2 heteroatoms. The minimum atomic E-state index is -0.0372. The summed E-state index contributed by atoms with van der Waals surface area (Å²) in [6.07, 6.45) is 0. The molecular weight excluding hydrogens is 272 g/mol. The van der Waals surface area contributed by atoms with Gasteiger partial charge in [-0.15, -0.1) is 11.6 Å². The third kappa shape index (κ3) is 3.21. The molecule has 1 heterocycles. The molecule has 0 bridgehead atoms. The molecule has 0 amide bonds. The summed E-state index contributed by atoms with van der Waals surface area (Å²) in [6, 6.07) is 8.86. The van der Waals surface area contributed by atoms with Crippen LogP contribution >= 0.6 is 22.9 Å². The molecule has 1 atom stereocenters. The summed E-state index contributed by atoms with van der Waals surface area (Å²) >= 11 is 8.36. The van der Waals surface area contributed by atoms with Crippen LogP contribution in [-0.4, -0.2) is 0 Å². The van der Waals surface area contributed by atoms with Crippen LogP contribution in [-0.2, 0) is 0 Å². The van der Waals surface area contributed by atoms with E-state index >= 15 is 0 Å². The van der Waals surface area contributed by atoms with Crippen LogP contribution < -0.4 is 0 Å². The van der Waals surface area contributed by atoms with Crippen molar-refractivity contribution < 1.29 is 0 Å². The van der Waals surface area contributed by atoms with Crippen molar-refractivity contribution in [3.05, 3.63) is 57.3 Å². The van der Waals surface area contributed by atoms with Crippen molar-refractivity contribution in [3.63, 3.8) is 0 Å². The second-order valence-electron chi connectivity index (χ2n) is 5.62. The van der Waals surface area contributed by atoms with E-state index in [1.807, 2.05) is 0 Å². The molecule has 0 aliphatic carbocycles. The van der Waals surface area contributed by atoms with E-state index in [1.54, 1.807) is 11.3 Å². The van der Waals surface area contributed by atoms with Gasteiger partial charge in [-0.1, -0.05) is 45.9 Å². The molecule has 1 aromatic carbocycles. The summed E-state index contributed by atoms with van der Waals surface area (Å²) in [5, 5.41) is 4.19. The summed E-state index contributed by atoms with van der Waals surface area (Å²) in [7, 11) is 0. The topological polar surface area (TPSA) is 0 Å². The van der Waals surface area contributed by atoms with E-state index in [9.17, 15) is 0 Å². The summed E-state index contributed by atoms with van der Waals surface area (Å²) in [6.45, 7) is 8.94. The van der Waals surface area contributed by atoms with Crippen molar-refractivity contribution in [1.82, 2.24) is 0 Å².